The Kier molecular flexibility index (Phi) is 5.31. The van der Waals surface area contributed by atoms with Crippen molar-refractivity contribution in [1.82, 2.24) is 14.6 Å². The number of morpholine rings is 1. The molecule has 0 saturated carbocycles. The smallest absolute Gasteiger partial charge is 0.408 e. The zero-order valence-electron chi connectivity index (χ0n) is 15.1. The first-order valence-electron chi connectivity index (χ1n) is 9.01. The Bertz CT molecular complexity index is 1100. The van der Waals surface area contributed by atoms with E-state index in [9.17, 15) is 13.2 Å². The van der Waals surface area contributed by atoms with Gasteiger partial charge in [-0.2, -0.15) is 0 Å². The number of aromatic amines is 1. The molecule has 0 unspecified atom stereocenters. The van der Waals surface area contributed by atoms with Crippen LogP contribution in [0.2, 0.25) is 0 Å². The normalized spacial score (nSPS) is 17.0. The molecular formula is C19H21N3O5S. The Morgan fingerprint density at radius 3 is 2.61 bits per heavy atom. The number of nitrogens with one attached hydrogen (secondary N) is 2. The number of hydrogen-bond donors (Lipinski definition) is 2. The number of ether oxygens (including phenoxy) is 1. The third kappa shape index (κ3) is 4.17. The lowest BCUT2D eigenvalue weighted by Crippen LogP contribution is -2.43. The highest BCUT2D eigenvalue weighted by Crippen LogP contribution is 2.21. The molecule has 148 valence electrons. The minimum Gasteiger partial charge on any atom is -0.408 e. The van der Waals surface area contributed by atoms with Crippen LogP contribution in [0.25, 0.3) is 11.1 Å². The van der Waals surface area contributed by atoms with E-state index >= 15 is 0 Å². The molecule has 1 aliphatic rings. The second-order valence-corrected chi connectivity index (χ2v) is 8.38. The van der Waals surface area contributed by atoms with Crippen molar-refractivity contribution in [3.05, 3.63) is 64.6 Å². The molecule has 4 rings (SSSR count). The molecule has 1 aliphatic heterocycles. The van der Waals surface area contributed by atoms with Gasteiger partial charge in [0.1, 0.15) is 0 Å². The van der Waals surface area contributed by atoms with Crippen LogP contribution in [-0.4, -0.2) is 51.1 Å². The Hall–Kier alpha value is -2.46. The average molecular weight is 403 g/mol. The van der Waals surface area contributed by atoms with E-state index in [1.165, 1.54) is 18.2 Å². The first-order chi connectivity index (χ1) is 13.5. The summed E-state index contributed by atoms with van der Waals surface area (Å²) in [6.07, 6.45) is 0. The largest absolute Gasteiger partial charge is 0.417 e. The highest BCUT2D eigenvalue weighted by Gasteiger charge is 2.25. The molecule has 2 aromatic carbocycles. The van der Waals surface area contributed by atoms with Gasteiger partial charge in [0, 0.05) is 25.7 Å². The molecule has 0 bridgehead atoms. The standard InChI is InChI=1S/C19H21N3O5S/c23-19-20-16-7-6-15(12-18(16)27-19)28(24,25)21-17(14-4-2-1-3-5-14)13-22-8-10-26-11-9-22/h1-7,12,17,21H,8-11,13H2,(H,20,23)/t17-/m1/s1. The maximum Gasteiger partial charge on any atom is 0.417 e. The average Bonchev–Trinajstić information content (AvgIpc) is 3.08. The number of H-pyrrole nitrogens is 1. The Morgan fingerprint density at radius 2 is 1.86 bits per heavy atom. The lowest BCUT2D eigenvalue weighted by molar-refractivity contribution is 0.0345. The van der Waals surface area contributed by atoms with Gasteiger partial charge in [0.2, 0.25) is 10.0 Å². The second kappa shape index (κ2) is 7.88. The van der Waals surface area contributed by atoms with Crippen LogP contribution in [0.4, 0.5) is 0 Å². The molecule has 1 aromatic heterocycles. The fourth-order valence-electron chi connectivity index (χ4n) is 3.29. The summed E-state index contributed by atoms with van der Waals surface area (Å²) in [6.45, 7) is 3.32. The number of aromatic nitrogens is 1. The van der Waals surface area contributed by atoms with Crippen LogP contribution in [-0.2, 0) is 14.8 Å². The highest BCUT2D eigenvalue weighted by molar-refractivity contribution is 7.89. The Labute approximate surface area is 162 Å². The zero-order chi connectivity index (χ0) is 19.6. The molecular weight excluding hydrogens is 382 g/mol. The molecule has 9 heteroatoms. The van der Waals surface area contributed by atoms with Gasteiger partial charge in [-0.25, -0.2) is 17.9 Å². The predicted molar refractivity (Wildman–Crippen MR) is 104 cm³/mol. The first-order valence-corrected chi connectivity index (χ1v) is 10.5. The third-order valence-electron chi connectivity index (χ3n) is 4.75. The molecule has 0 radical (unpaired) electrons. The number of fused-ring (bicyclic) bond motifs is 1. The number of hydrogen-bond acceptors (Lipinski definition) is 6. The van der Waals surface area contributed by atoms with Gasteiger partial charge in [-0.3, -0.25) is 9.88 Å². The Morgan fingerprint density at radius 1 is 1.11 bits per heavy atom. The molecule has 0 aliphatic carbocycles. The van der Waals surface area contributed by atoms with Crippen molar-refractivity contribution < 1.29 is 17.6 Å². The lowest BCUT2D eigenvalue weighted by Gasteiger charge is -2.31. The number of oxazole rings is 1. The maximum atomic E-state index is 13.0. The van der Waals surface area contributed by atoms with Gasteiger partial charge in [0.15, 0.2) is 5.58 Å². The van der Waals surface area contributed by atoms with Gasteiger partial charge in [-0.15, -0.1) is 0 Å². The van der Waals surface area contributed by atoms with Crippen LogP contribution >= 0.6 is 0 Å². The highest BCUT2D eigenvalue weighted by atomic mass is 32.2. The van der Waals surface area contributed by atoms with Crippen LogP contribution in [0.1, 0.15) is 11.6 Å². The predicted octanol–water partition coefficient (Wildman–Crippen LogP) is 1.47. The SMILES string of the molecule is O=c1[nH]c2ccc(S(=O)(=O)N[C@H](CN3CCOCC3)c3ccccc3)cc2o1. The molecule has 2 heterocycles. The maximum absolute atomic E-state index is 13.0. The summed E-state index contributed by atoms with van der Waals surface area (Å²) < 4.78 is 39.2. The van der Waals surface area contributed by atoms with Crippen molar-refractivity contribution in [2.45, 2.75) is 10.9 Å². The van der Waals surface area contributed by atoms with Gasteiger partial charge in [0.05, 0.1) is 29.7 Å². The molecule has 1 saturated heterocycles. The van der Waals surface area contributed by atoms with E-state index in [1.54, 1.807) is 0 Å². The van der Waals surface area contributed by atoms with Gasteiger partial charge >= 0.3 is 5.76 Å². The minimum absolute atomic E-state index is 0.0469. The van der Waals surface area contributed by atoms with Crippen molar-refractivity contribution in [2.24, 2.45) is 0 Å². The van der Waals surface area contributed by atoms with Crippen LogP contribution < -0.4 is 10.5 Å². The van der Waals surface area contributed by atoms with E-state index in [4.69, 9.17) is 9.15 Å². The summed E-state index contributed by atoms with van der Waals surface area (Å²) in [5.41, 5.74) is 1.54. The van der Waals surface area contributed by atoms with Crippen molar-refractivity contribution in [1.29, 1.82) is 0 Å². The van der Waals surface area contributed by atoms with Gasteiger partial charge < -0.3 is 9.15 Å². The molecule has 2 N–H and O–H groups in total. The summed E-state index contributed by atoms with van der Waals surface area (Å²) in [5.74, 6) is -0.619. The fraction of sp³-hybridized carbons (Fsp3) is 0.316. The van der Waals surface area contributed by atoms with Crippen LogP contribution in [0.15, 0.2) is 62.6 Å². The van der Waals surface area contributed by atoms with E-state index in [0.29, 0.717) is 25.3 Å². The van der Waals surface area contributed by atoms with Crippen molar-refractivity contribution >= 4 is 21.1 Å². The number of sulfonamides is 1. The quantitative estimate of drug-likeness (QED) is 0.646. The van der Waals surface area contributed by atoms with E-state index in [2.05, 4.69) is 14.6 Å². The van der Waals surface area contributed by atoms with Crippen molar-refractivity contribution in [2.75, 3.05) is 32.8 Å². The molecule has 0 spiro atoms. The van der Waals surface area contributed by atoms with Crippen molar-refractivity contribution in [3.8, 4) is 0 Å². The summed E-state index contributed by atoms with van der Waals surface area (Å²) in [4.78, 5) is 16.1. The topological polar surface area (TPSA) is 105 Å². The van der Waals surface area contributed by atoms with Crippen molar-refractivity contribution in [3.63, 3.8) is 0 Å². The number of nitrogens with zero attached hydrogens (tertiary/aromatic N) is 1. The molecule has 8 nitrogen and oxygen atoms in total. The molecule has 1 fully saturated rings. The summed E-state index contributed by atoms with van der Waals surface area (Å²) >= 11 is 0. The van der Waals surface area contributed by atoms with Crippen LogP contribution in [0, 0.1) is 0 Å². The molecule has 28 heavy (non-hydrogen) atoms. The summed E-state index contributed by atoms with van der Waals surface area (Å²) in [7, 11) is -3.82. The fourth-order valence-corrected chi connectivity index (χ4v) is 4.52. The van der Waals surface area contributed by atoms with E-state index < -0.39 is 21.8 Å². The Balaban J connectivity index is 1.62. The van der Waals surface area contributed by atoms with Gasteiger partial charge in [0.25, 0.3) is 0 Å². The zero-order valence-corrected chi connectivity index (χ0v) is 15.9. The lowest BCUT2D eigenvalue weighted by atomic mass is 10.1. The number of benzene rings is 2. The molecule has 0 amide bonds. The number of rotatable bonds is 6. The summed E-state index contributed by atoms with van der Waals surface area (Å²) in [5, 5.41) is 0. The third-order valence-corrected chi connectivity index (χ3v) is 6.22. The van der Waals surface area contributed by atoms with Crippen LogP contribution in [0.3, 0.4) is 0 Å². The molecule has 3 aromatic rings. The van der Waals surface area contributed by atoms with E-state index in [-0.39, 0.29) is 10.5 Å². The van der Waals surface area contributed by atoms with Gasteiger partial charge in [-0.05, 0) is 17.7 Å². The van der Waals surface area contributed by atoms with E-state index in [0.717, 1.165) is 18.7 Å². The van der Waals surface area contributed by atoms with E-state index in [1.807, 2.05) is 30.3 Å². The second-order valence-electron chi connectivity index (χ2n) is 6.67. The first kappa shape index (κ1) is 18.9. The molecule has 1 atom stereocenters. The monoisotopic (exact) mass is 403 g/mol. The summed E-state index contributed by atoms with van der Waals surface area (Å²) in [6, 6.07) is 13.4. The minimum atomic E-state index is -3.82. The van der Waals surface area contributed by atoms with Crippen LogP contribution in [0.5, 0.6) is 0 Å². The van der Waals surface area contributed by atoms with Gasteiger partial charge in [-0.1, -0.05) is 30.3 Å².